The van der Waals surface area contributed by atoms with Crippen LogP contribution in [-0.2, 0) is 31.3 Å². The second-order valence-electron chi connectivity index (χ2n) is 3.57. The molecule has 4 heteroatoms. The zero-order chi connectivity index (χ0) is 15.5. The normalized spacial score (nSPS) is 8.18. The fourth-order valence-electron chi connectivity index (χ4n) is 2.11. The van der Waals surface area contributed by atoms with Gasteiger partial charge in [-0.25, -0.2) is 0 Å². The van der Waals surface area contributed by atoms with Crippen LogP contribution in [0.3, 0.4) is 0 Å². The molecule has 2 aromatic carbocycles. The minimum atomic E-state index is 0. The number of benzene rings is 2. The summed E-state index contributed by atoms with van der Waals surface area (Å²) in [6.45, 7) is 17.6. The molecule has 0 aliphatic heterocycles. The summed E-state index contributed by atoms with van der Waals surface area (Å²) in [5.74, 6) is 0. The van der Waals surface area contributed by atoms with Gasteiger partial charge in [0.15, 0.2) is 0 Å². The fraction of sp³-hybridized carbons (Fsp3) is 0. The minimum absolute atomic E-state index is 0. The number of hydrogen-bond donors (Lipinski definition) is 0. The van der Waals surface area contributed by atoms with E-state index in [9.17, 15) is 0 Å². The molecule has 3 rings (SSSR count). The van der Waals surface area contributed by atoms with Crippen molar-refractivity contribution in [1.29, 1.82) is 0 Å². The third kappa shape index (κ3) is 5.04. The van der Waals surface area contributed by atoms with Gasteiger partial charge in [0.2, 0.25) is 0 Å². The molecule has 0 bridgehead atoms. The number of fused-ring (bicyclic) bond motifs is 3. The maximum Gasteiger partial charge on any atom is 0 e. The minimum Gasteiger partial charge on any atom is -0.358 e. The monoisotopic (exact) mass is 329 g/mol. The fourth-order valence-corrected chi connectivity index (χ4v) is 2.11. The predicted octanol–water partition coefficient (Wildman–Crippen LogP) is 4.06. The molecule has 3 nitrogen and oxygen atoms in total. The first-order chi connectivity index (χ1) is 9.88. The van der Waals surface area contributed by atoms with Gasteiger partial charge in [-0.2, -0.15) is 0 Å². The van der Waals surface area contributed by atoms with E-state index in [1.807, 2.05) is 0 Å². The van der Waals surface area contributed by atoms with E-state index in [1.54, 1.807) is 0 Å². The van der Waals surface area contributed by atoms with Crippen LogP contribution in [0, 0.1) is 27.4 Å². The summed E-state index contributed by atoms with van der Waals surface area (Å²) >= 11 is 0. The van der Waals surface area contributed by atoms with Crippen LogP contribution < -0.4 is 0 Å². The van der Waals surface area contributed by atoms with Crippen molar-refractivity contribution < 1.29 is 31.3 Å². The summed E-state index contributed by atoms with van der Waals surface area (Å²) in [5.41, 5.74) is 6.32. The van der Waals surface area contributed by atoms with Crippen LogP contribution in [0.5, 0.6) is 0 Å². The molecule has 0 saturated carbocycles. The maximum absolute atomic E-state index is 7.50. The van der Waals surface area contributed by atoms with Crippen molar-refractivity contribution in [2.24, 2.45) is 0 Å². The second kappa shape index (κ2) is 13.9. The molecular weight excluding hydrogens is 316 g/mol. The molecule has 0 radical (unpaired) electrons. The Kier molecular flexibility index (Phi) is 15.7. The van der Waals surface area contributed by atoms with Crippen molar-refractivity contribution in [2.75, 3.05) is 0 Å². The van der Waals surface area contributed by atoms with Crippen molar-refractivity contribution in [1.82, 2.24) is 0 Å². The molecule has 0 fully saturated rings. The van der Waals surface area contributed by atoms with Crippen molar-refractivity contribution in [3.8, 4) is 11.1 Å². The van der Waals surface area contributed by atoms with E-state index in [0.29, 0.717) is 0 Å². The summed E-state index contributed by atoms with van der Waals surface area (Å²) in [4.78, 5) is 0. The van der Waals surface area contributed by atoms with Gasteiger partial charge >= 0.3 is 33.9 Å². The standard InChI is InChI=1S/C14H10.3CO.CH3.Cr/c1-10-11-6-2-4-8-13(11)14-9-5-3-7-12(10)14;3*1-2;;/h2-9H,1H2;;;;1H3;/q;;;;-1;. The van der Waals surface area contributed by atoms with Gasteiger partial charge in [0.05, 0.1) is 0 Å². The Morgan fingerprint density at radius 3 is 1.09 bits per heavy atom. The second-order valence-corrected chi connectivity index (χ2v) is 3.57. The van der Waals surface area contributed by atoms with E-state index in [2.05, 4.69) is 75.1 Å². The van der Waals surface area contributed by atoms with Crippen LogP contribution in [0.25, 0.3) is 16.7 Å². The number of hydrogen-bond acceptors (Lipinski definition) is 0. The molecular formula is C18H13CrO3-. The SMILES string of the molecule is C=C1c2ccccc2-c2ccccc21.[C-]#[O+].[C-]#[O+].[C-]#[O+].[CH3-].[Cr]. The molecule has 0 spiro atoms. The number of rotatable bonds is 0. The van der Waals surface area contributed by atoms with Gasteiger partial charge in [0.1, 0.15) is 0 Å². The van der Waals surface area contributed by atoms with Crippen molar-refractivity contribution >= 4 is 5.57 Å². The molecule has 0 N–H and O–H groups in total. The van der Waals surface area contributed by atoms with E-state index in [1.165, 1.54) is 22.3 Å². The van der Waals surface area contributed by atoms with Gasteiger partial charge in [0, 0.05) is 17.4 Å². The zero-order valence-corrected chi connectivity index (χ0v) is 13.2. The van der Waals surface area contributed by atoms with Crippen LogP contribution in [0.1, 0.15) is 11.1 Å². The van der Waals surface area contributed by atoms with Gasteiger partial charge in [0.25, 0.3) is 0 Å². The molecule has 1 aliphatic rings. The molecule has 0 atom stereocenters. The summed E-state index contributed by atoms with van der Waals surface area (Å²) < 4.78 is 22.5. The molecule has 0 aromatic heterocycles. The first kappa shape index (κ1) is 24.9. The first-order valence-electron chi connectivity index (χ1n) is 5.37. The van der Waals surface area contributed by atoms with Crippen molar-refractivity contribution in [3.63, 3.8) is 0 Å². The largest absolute Gasteiger partial charge is 0.358 e. The van der Waals surface area contributed by atoms with E-state index in [-0.39, 0.29) is 24.8 Å². The Hall–Kier alpha value is -2.07. The maximum atomic E-state index is 7.50. The summed E-state index contributed by atoms with van der Waals surface area (Å²) in [6.07, 6.45) is 0. The molecule has 22 heavy (non-hydrogen) atoms. The van der Waals surface area contributed by atoms with E-state index >= 15 is 0 Å². The van der Waals surface area contributed by atoms with Crippen LogP contribution >= 0.6 is 0 Å². The van der Waals surface area contributed by atoms with Gasteiger partial charge in [-0.1, -0.05) is 55.1 Å². The average molecular weight is 329 g/mol. The quantitative estimate of drug-likeness (QED) is 0.441. The molecule has 1 aliphatic carbocycles. The third-order valence-electron chi connectivity index (χ3n) is 2.79. The Morgan fingerprint density at radius 2 is 0.818 bits per heavy atom. The molecule has 0 amide bonds. The van der Waals surface area contributed by atoms with Crippen LogP contribution in [-0.4, -0.2) is 0 Å². The van der Waals surface area contributed by atoms with E-state index < -0.39 is 0 Å². The predicted molar refractivity (Wildman–Crippen MR) is 78.2 cm³/mol. The van der Waals surface area contributed by atoms with Gasteiger partial charge < -0.3 is 7.43 Å². The Bertz CT molecular complexity index is 593. The average Bonchev–Trinajstić information content (AvgIpc) is 2.87. The third-order valence-corrected chi connectivity index (χ3v) is 2.79. The molecule has 0 heterocycles. The smallest absolute Gasteiger partial charge is 0 e. The Morgan fingerprint density at radius 1 is 0.591 bits per heavy atom. The first-order valence-corrected chi connectivity index (χ1v) is 5.37. The molecule has 0 saturated heterocycles. The summed E-state index contributed by atoms with van der Waals surface area (Å²) in [6, 6.07) is 16.9. The van der Waals surface area contributed by atoms with Crippen LogP contribution in [0.4, 0.5) is 0 Å². The molecule has 0 unspecified atom stereocenters. The van der Waals surface area contributed by atoms with Crippen LogP contribution in [0.15, 0.2) is 55.1 Å². The zero-order valence-electron chi connectivity index (χ0n) is 12.0. The molecule has 110 valence electrons. The molecule has 2 aromatic rings. The van der Waals surface area contributed by atoms with Crippen LogP contribution in [0.2, 0.25) is 0 Å². The van der Waals surface area contributed by atoms with E-state index in [4.69, 9.17) is 14.0 Å². The Balaban J connectivity index is -0.000000408. The summed E-state index contributed by atoms with van der Waals surface area (Å²) in [7, 11) is 0. The van der Waals surface area contributed by atoms with Crippen molar-refractivity contribution in [2.45, 2.75) is 0 Å². The van der Waals surface area contributed by atoms with Gasteiger partial charge in [-0.05, 0) is 27.8 Å². The van der Waals surface area contributed by atoms with Gasteiger partial charge in [-0.3, -0.25) is 0 Å². The van der Waals surface area contributed by atoms with E-state index in [0.717, 1.165) is 5.57 Å². The Labute approximate surface area is 142 Å². The topological polar surface area (TPSA) is 59.7 Å². The summed E-state index contributed by atoms with van der Waals surface area (Å²) in [5, 5.41) is 0. The van der Waals surface area contributed by atoms with Crippen molar-refractivity contribution in [3.05, 3.63) is 93.6 Å². The van der Waals surface area contributed by atoms with Gasteiger partial charge in [-0.15, -0.1) is 0 Å².